The highest BCUT2D eigenvalue weighted by atomic mass is 35.5. The van der Waals surface area contributed by atoms with E-state index in [1.165, 1.54) is 16.9 Å². The lowest BCUT2D eigenvalue weighted by Crippen LogP contribution is -2.53. The molecule has 0 radical (unpaired) electrons. The molecule has 15 nitrogen and oxygen atoms in total. The Bertz CT molecular complexity index is 1830. The molecule has 0 aliphatic carbocycles. The normalized spacial score (nSPS) is 20.3. The molecule has 4 atom stereocenters. The average molecular weight is 731 g/mol. The van der Waals surface area contributed by atoms with Gasteiger partial charge in [0.15, 0.2) is 0 Å². The van der Waals surface area contributed by atoms with Gasteiger partial charge < -0.3 is 20.0 Å². The quantitative estimate of drug-likeness (QED) is 0.296. The summed E-state index contributed by atoms with van der Waals surface area (Å²) < 4.78 is 3.28. The first-order valence-electron chi connectivity index (χ1n) is 15.7. The van der Waals surface area contributed by atoms with Gasteiger partial charge in [0.2, 0.25) is 17.6 Å². The van der Waals surface area contributed by atoms with Crippen molar-refractivity contribution in [2.45, 2.75) is 51.6 Å². The minimum atomic E-state index is -0.108. The number of amides is 2. The molecule has 0 spiro atoms. The largest absolute Gasteiger partial charge is 0.356 e. The van der Waals surface area contributed by atoms with Crippen molar-refractivity contribution in [1.82, 2.24) is 49.1 Å². The molecule has 1 N–H and O–H groups in total. The molecule has 0 unspecified atom stereocenters. The molecule has 2 aliphatic rings. The van der Waals surface area contributed by atoms with Crippen LogP contribution in [0.15, 0.2) is 30.9 Å². The fourth-order valence-corrected chi connectivity index (χ4v) is 6.49. The van der Waals surface area contributed by atoms with Crippen molar-refractivity contribution in [3.63, 3.8) is 0 Å². The number of nitrogens with one attached hydrogen (secondary N) is 1. The Morgan fingerprint density at radius 1 is 0.939 bits per heavy atom. The van der Waals surface area contributed by atoms with Crippen molar-refractivity contribution >= 4 is 64.0 Å². The summed E-state index contributed by atoms with van der Waals surface area (Å²) in [4.78, 5) is 45.3. The minimum absolute atomic E-state index is 0.00478. The van der Waals surface area contributed by atoms with Crippen LogP contribution >= 0.6 is 34.8 Å². The standard InChI is InChI=1S/C16H19ClN6O.C10H17N3O.C5H2Cl2N4/c1-11-4-7-22(15(24)3-5-18)10-12(11)21(2)14-9-13(17)20-16-19-6-8-23(14)16;1-8-4-6-13(7-9(8)12-2)10(14)3-5-11;6-3-1-4(7)11-5(10-3)8-2-9-11/h6,8-9,11-12H,3-4,7,10H2,1-2H3;8-9,12H,3-4,6-7H2,1-2H3;1-2H/t11-,12+;8-,9+;/m11./s1. The van der Waals surface area contributed by atoms with Gasteiger partial charge in [0.05, 0.1) is 18.2 Å². The van der Waals surface area contributed by atoms with Gasteiger partial charge in [-0.3, -0.25) is 14.0 Å². The van der Waals surface area contributed by atoms with Crippen LogP contribution in [0.25, 0.3) is 11.6 Å². The fraction of sp³-hybridized carbons (Fsp3) is 0.516. The SMILES string of the molecule is CN[C@H]1CN(C(=O)CC#N)CC[C@H]1C.C[C@@H]1CCN(C(=O)CC#N)C[C@@H]1N(C)c1cc(Cl)nc2nccn12.Clc1cc(Cl)n2ncnc2n1. The van der Waals surface area contributed by atoms with Crippen molar-refractivity contribution in [3.05, 3.63) is 46.3 Å². The first-order valence-corrected chi connectivity index (χ1v) is 16.8. The van der Waals surface area contributed by atoms with Crippen LogP contribution in [0.5, 0.6) is 0 Å². The van der Waals surface area contributed by atoms with E-state index < -0.39 is 0 Å². The summed E-state index contributed by atoms with van der Waals surface area (Å²) in [6.45, 7) is 7.18. The number of carbonyl (C=O) groups excluding carboxylic acids is 2. The highest BCUT2D eigenvalue weighted by Gasteiger charge is 2.32. The zero-order chi connectivity index (χ0) is 35.7. The molecule has 2 aliphatic heterocycles. The molecule has 2 amide bonds. The predicted octanol–water partition coefficient (Wildman–Crippen LogP) is 3.76. The molecule has 0 saturated carbocycles. The highest BCUT2D eigenvalue weighted by Crippen LogP contribution is 2.28. The van der Waals surface area contributed by atoms with Crippen LogP contribution in [-0.4, -0.2) is 108 Å². The van der Waals surface area contributed by atoms with Gasteiger partial charge in [0.1, 0.15) is 40.4 Å². The Labute approximate surface area is 299 Å². The maximum atomic E-state index is 12.1. The van der Waals surface area contributed by atoms with E-state index in [0.717, 1.165) is 31.7 Å². The number of aromatic nitrogens is 7. The molecule has 2 fully saturated rings. The van der Waals surface area contributed by atoms with Gasteiger partial charge in [-0.25, -0.2) is 9.97 Å². The Hall–Kier alpha value is -4.28. The summed E-state index contributed by atoms with van der Waals surface area (Å²) in [5, 5.41) is 25.3. The van der Waals surface area contributed by atoms with Crippen LogP contribution < -0.4 is 10.2 Å². The molecule has 6 rings (SSSR count). The lowest BCUT2D eigenvalue weighted by atomic mass is 9.92. The third-order valence-electron chi connectivity index (χ3n) is 8.77. The van der Waals surface area contributed by atoms with Gasteiger partial charge in [-0.2, -0.15) is 30.1 Å². The van der Waals surface area contributed by atoms with Gasteiger partial charge in [0, 0.05) is 63.8 Å². The van der Waals surface area contributed by atoms with E-state index in [0.29, 0.717) is 58.0 Å². The Balaban J connectivity index is 0.000000183. The van der Waals surface area contributed by atoms with E-state index >= 15 is 0 Å². The summed E-state index contributed by atoms with van der Waals surface area (Å²) in [6.07, 6.45) is 6.74. The van der Waals surface area contributed by atoms with E-state index in [1.54, 1.807) is 22.1 Å². The molecule has 0 aromatic carbocycles. The number of piperidine rings is 2. The number of imidazole rings is 1. The highest BCUT2D eigenvalue weighted by molar-refractivity contribution is 6.33. The van der Waals surface area contributed by atoms with Crippen LogP contribution in [0, 0.1) is 34.5 Å². The molecule has 260 valence electrons. The summed E-state index contributed by atoms with van der Waals surface area (Å²) in [6, 6.07) is 7.64. The second kappa shape index (κ2) is 17.4. The van der Waals surface area contributed by atoms with E-state index in [1.807, 2.05) is 36.8 Å². The number of nitrogens with zero attached hydrogens (tertiary/aromatic N) is 12. The molecule has 6 heterocycles. The van der Waals surface area contributed by atoms with Crippen LogP contribution in [0.4, 0.5) is 5.82 Å². The summed E-state index contributed by atoms with van der Waals surface area (Å²) >= 11 is 17.5. The van der Waals surface area contributed by atoms with Crippen molar-refractivity contribution in [1.29, 1.82) is 10.5 Å². The second-order valence-corrected chi connectivity index (χ2v) is 13.0. The molecule has 4 aromatic heterocycles. The number of hydrogen-bond donors (Lipinski definition) is 1. The Morgan fingerprint density at radius 2 is 1.55 bits per heavy atom. The van der Waals surface area contributed by atoms with E-state index in [2.05, 4.69) is 49.1 Å². The van der Waals surface area contributed by atoms with Gasteiger partial charge in [0.25, 0.3) is 5.78 Å². The number of carbonyl (C=O) groups is 2. The predicted molar refractivity (Wildman–Crippen MR) is 185 cm³/mol. The van der Waals surface area contributed by atoms with E-state index in [9.17, 15) is 9.59 Å². The van der Waals surface area contributed by atoms with Gasteiger partial charge in [-0.1, -0.05) is 48.7 Å². The zero-order valence-electron chi connectivity index (χ0n) is 27.7. The third-order valence-corrected chi connectivity index (χ3v) is 9.43. The Morgan fingerprint density at radius 3 is 2.20 bits per heavy atom. The number of anilines is 1. The van der Waals surface area contributed by atoms with Crippen molar-refractivity contribution in [2.75, 3.05) is 45.2 Å². The zero-order valence-corrected chi connectivity index (χ0v) is 29.9. The van der Waals surface area contributed by atoms with Crippen molar-refractivity contribution < 1.29 is 9.59 Å². The molecule has 4 aromatic rings. The van der Waals surface area contributed by atoms with Crippen molar-refractivity contribution in [3.8, 4) is 12.1 Å². The fourth-order valence-electron chi connectivity index (χ4n) is 5.86. The Kier molecular flexibility index (Phi) is 13.3. The summed E-state index contributed by atoms with van der Waals surface area (Å²) in [7, 11) is 3.91. The first kappa shape index (κ1) is 37.5. The number of likely N-dealkylation sites (N-methyl/N-ethyl adjacent to an activating group) is 2. The molecule has 49 heavy (non-hydrogen) atoms. The number of hydrogen-bond acceptors (Lipinski definition) is 11. The number of likely N-dealkylation sites (tertiary alicyclic amines) is 2. The van der Waals surface area contributed by atoms with E-state index in [4.69, 9.17) is 45.3 Å². The molecule has 18 heteroatoms. The maximum absolute atomic E-state index is 12.1. The van der Waals surface area contributed by atoms with Crippen LogP contribution in [0.2, 0.25) is 15.5 Å². The molecule has 0 bridgehead atoms. The van der Waals surface area contributed by atoms with Crippen LogP contribution in [-0.2, 0) is 9.59 Å². The lowest BCUT2D eigenvalue weighted by Gasteiger charge is -2.42. The summed E-state index contributed by atoms with van der Waals surface area (Å²) in [5.74, 6) is 2.70. The maximum Gasteiger partial charge on any atom is 0.254 e. The van der Waals surface area contributed by atoms with Crippen LogP contribution in [0.3, 0.4) is 0 Å². The molecular formula is C31H38Cl3N13O2. The molecular weight excluding hydrogens is 693 g/mol. The summed E-state index contributed by atoms with van der Waals surface area (Å²) in [5.41, 5.74) is 0. The second-order valence-electron chi connectivity index (χ2n) is 11.9. The van der Waals surface area contributed by atoms with Gasteiger partial charge >= 0.3 is 0 Å². The van der Waals surface area contributed by atoms with Crippen LogP contribution in [0.1, 0.15) is 39.5 Å². The molecule has 2 saturated heterocycles. The van der Waals surface area contributed by atoms with E-state index in [-0.39, 0.29) is 30.7 Å². The number of nitriles is 2. The average Bonchev–Trinajstić information content (AvgIpc) is 3.75. The topological polar surface area (TPSA) is 177 Å². The number of fused-ring (bicyclic) bond motifs is 2. The first-order chi connectivity index (χ1) is 23.5. The number of rotatable bonds is 5. The smallest absolute Gasteiger partial charge is 0.254 e. The minimum Gasteiger partial charge on any atom is -0.356 e. The number of halogens is 3. The van der Waals surface area contributed by atoms with Gasteiger partial charge in [-0.05, 0) is 31.7 Å². The van der Waals surface area contributed by atoms with Crippen molar-refractivity contribution in [2.24, 2.45) is 11.8 Å². The lowest BCUT2D eigenvalue weighted by molar-refractivity contribution is -0.132. The third kappa shape index (κ3) is 9.45. The van der Waals surface area contributed by atoms with Gasteiger partial charge in [-0.15, -0.1) is 0 Å². The monoisotopic (exact) mass is 729 g/mol.